The number of nitrogens with zero attached hydrogens (tertiary/aromatic N) is 5. The van der Waals surface area contributed by atoms with Crippen molar-refractivity contribution < 1.29 is 13.7 Å². The van der Waals surface area contributed by atoms with Gasteiger partial charge >= 0.3 is 0 Å². The van der Waals surface area contributed by atoms with Crippen molar-refractivity contribution >= 4 is 5.91 Å². The Morgan fingerprint density at radius 1 is 1.23 bits per heavy atom. The van der Waals surface area contributed by atoms with Crippen LogP contribution in [0.2, 0.25) is 0 Å². The molecule has 9 heteroatoms. The number of pyridine rings is 1. The van der Waals surface area contributed by atoms with Crippen molar-refractivity contribution in [3.8, 4) is 11.4 Å². The minimum absolute atomic E-state index is 0.101. The van der Waals surface area contributed by atoms with Crippen LogP contribution in [0, 0.1) is 5.82 Å². The number of amides is 1. The summed E-state index contributed by atoms with van der Waals surface area (Å²) in [5.74, 6) is 0.584. The van der Waals surface area contributed by atoms with Gasteiger partial charge in [-0.15, -0.1) is 0 Å². The van der Waals surface area contributed by atoms with E-state index >= 15 is 0 Å². The third-order valence-corrected chi connectivity index (χ3v) is 4.59. The maximum Gasteiger partial charge on any atom is 0.227 e. The van der Waals surface area contributed by atoms with E-state index < -0.39 is 11.9 Å². The van der Waals surface area contributed by atoms with E-state index in [-0.39, 0.29) is 18.7 Å². The molecule has 4 aromatic rings. The molecule has 0 aliphatic rings. The zero-order valence-electron chi connectivity index (χ0n) is 16.2. The van der Waals surface area contributed by atoms with Gasteiger partial charge in [0.1, 0.15) is 17.7 Å². The number of imidazole rings is 1. The molecule has 1 amide bonds. The standard InChI is InChI=1S/C21H19FN6O2/c1-28-12-11-24-21(28)19(15-6-2-3-7-16(15)22)25-17(29)8-9-18-26-20(27-30-18)14-5-4-10-23-13-14/h2-7,10-13,19H,8-9H2,1H3,(H,25,29). The molecular formula is C21H19FN6O2. The molecule has 0 radical (unpaired) electrons. The van der Waals surface area contributed by atoms with Crippen LogP contribution in [-0.4, -0.2) is 30.6 Å². The van der Waals surface area contributed by atoms with Gasteiger partial charge in [0.15, 0.2) is 0 Å². The van der Waals surface area contributed by atoms with Crippen LogP contribution in [0.4, 0.5) is 4.39 Å². The molecule has 0 bridgehead atoms. The van der Waals surface area contributed by atoms with E-state index in [1.165, 1.54) is 6.07 Å². The fraction of sp³-hybridized carbons (Fsp3) is 0.190. The summed E-state index contributed by atoms with van der Waals surface area (Å²) in [6.45, 7) is 0. The molecule has 30 heavy (non-hydrogen) atoms. The minimum atomic E-state index is -0.715. The highest BCUT2D eigenvalue weighted by Gasteiger charge is 2.23. The lowest BCUT2D eigenvalue weighted by atomic mass is 10.0. The predicted octanol–water partition coefficient (Wildman–Crippen LogP) is 2.84. The number of carbonyl (C=O) groups is 1. The van der Waals surface area contributed by atoms with Crippen LogP contribution in [0.15, 0.2) is 65.7 Å². The number of hydrogen-bond donors (Lipinski definition) is 1. The van der Waals surface area contributed by atoms with Gasteiger partial charge in [-0.05, 0) is 18.2 Å². The second kappa shape index (κ2) is 8.64. The number of halogens is 1. The van der Waals surface area contributed by atoms with Crippen LogP contribution in [-0.2, 0) is 18.3 Å². The van der Waals surface area contributed by atoms with Crippen molar-refractivity contribution in [2.24, 2.45) is 7.05 Å². The van der Waals surface area contributed by atoms with Gasteiger partial charge in [-0.2, -0.15) is 4.98 Å². The van der Waals surface area contributed by atoms with Crippen molar-refractivity contribution in [1.82, 2.24) is 30.0 Å². The molecule has 4 rings (SSSR count). The van der Waals surface area contributed by atoms with Gasteiger partial charge in [0, 0.05) is 55.8 Å². The monoisotopic (exact) mass is 406 g/mol. The first kappa shape index (κ1) is 19.4. The smallest absolute Gasteiger partial charge is 0.227 e. The Morgan fingerprint density at radius 2 is 2.10 bits per heavy atom. The van der Waals surface area contributed by atoms with E-state index in [2.05, 4.69) is 25.4 Å². The Kier molecular flexibility index (Phi) is 5.60. The van der Waals surface area contributed by atoms with Gasteiger partial charge < -0.3 is 14.4 Å². The van der Waals surface area contributed by atoms with Gasteiger partial charge in [-0.25, -0.2) is 9.37 Å². The molecule has 0 spiro atoms. The molecule has 1 N–H and O–H groups in total. The zero-order chi connectivity index (χ0) is 20.9. The van der Waals surface area contributed by atoms with E-state index in [0.29, 0.717) is 23.1 Å². The first-order valence-electron chi connectivity index (χ1n) is 9.36. The zero-order valence-corrected chi connectivity index (χ0v) is 16.2. The molecular weight excluding hydrogens is 387 g/mol. The van der Waals surface area contributed by atoms with Crippen LogP contribution in [0.1, 0.15) is 29.7 Å². The fourth-order valence-corrected chi connectivity index (χ4v) is 3.07. The lowest BCUT2D eigenvalue weighted by Crippen LogP contribution is -2.31. The lowest BCUT2D eigenvalue weighted by molar-refractivity contribution is -0.121. The Hall–Kier alpha value is -3.88. The molecule has 8 nitrogen and oxygen atoms in total. The summed E-state index contributed by atoms with van der Waals surface area (Å²) in [5.41, 5.74) is 1.07. The van der Waals surface area contributed by atoms with E-state index in [0.717, 1.165) is 5.56 Å². The van der Waals surface area contributed by atoms with Gasteiger partial charge in [-0.3, -0.25) is 9.78 Å². The van der Waals surface area contributed by atoms with Crippen LogP contribution in [0.5, 0.6) is 0 Å². The molecule has 0 saturated carbocycles. The summed E-state index contributed by atoms with van der Waals surface area (Å²) in [6.07, 6.45) is 6.99. The number of aromatic nitrogens is 5. The molecule has 1 atom stereocenters. The van der Waals surface area contributed by atoms with Crippen molar-refractivity contribution in [1.29, 1.82) is 0 Å². The van der Waals surface area contributed by atoms with Crippen molar-refractivity contribution in [3.05, 3.63) is 84.3 Å². The SMILES string of the molecule is Cn1ccnc1C(NC(=O)CCc1nc(-c2cccnc2)no1)c1ccccc1F. The van der Waals surface area contributed by atoms with Crippen molar-refractivity contribution in [2.45, 2.75) is 18.9 Å². The lowest BCUT2D eigenvalue weighted by Gasteiger charge is -2.19. The summed E-state index contributed by atoms with van der Waals surface area (Å²) in [4.78, 5) is 25.2. The van der Waals surface area contributed by atoms with Gasteiger partial charge in [0.05, 0.1) is 0 Å². The maximum absolute atomic E-state index is 14.4. The third kappa shape index (κ3) is 4.24. The molecule has 3 aromatic heterocycles. The molecule has 0 aliphatic heterocycles. The molecule has 152 valence electrons. The summed E-state index contributed by atoms with van der Waals surface area (Å²) in [7, 11) is 1.79. The molecule has 0 saturated heterocycles. The van der Waals surface area contributed by atoms with E-state index in [1.54, 1.807) is 60.7 Å². The summed E-state index contributed by atoms with van der Waals surface area (Å²) < 4.78 is 21.4. The van der Waals surface area contributed by atoms with Gasteiger partial charge in [-0.1, -0.05) is 23.4 Å². The molecule has 1 aromatic carbocycles. The van der Waals surface area contributed by atoms with Crippen LogP contribution in [0.25, 0.3) is 11.4 Å². The Bertz CT molecular complexity index is 1140. The Morgan fingerprint density at radius 3 is 2.83 bits per heavy atom. The van der Waals surface area contributed by atoms with E-state index in [9.17, 15) is 9.18 Å². The molecule has 0 aliphatic carbocycles. The van der Waals surface area contributed by atoms with Crippen LogP contribution < -0.4 is 5.32 Å². The average molecular weight is 406 g/mol. The van der Waals surface area contributed by atoms with E-state index in [4.69, 9.17) is 4.52 Å². The second-order valence-corrected chi connectivity index (χ2v) is 6.67. The fourth-order valence-electron chi connectivity index (χ4n) is 3.07. The topological polar surface area (TPSA) is 98.7 Å². The van der Waals surface area contributed by atoms with Crippen LogP contribution >= 0.6 is 0 Å². The number of carbonyl (C=O) groups excluding carboxylic acids is 1. The highest BCUT2D eigenvalue weighted by Crippen LogP contribution is 2.23. The van der Waals surface area contributed by atoms with Crippen molar-refractivity contribution in [2.75, 3.05) is 0 Å². The number of nitrogens with one attached hydrogen (secondary N) is 1. The van der Waals surface area contributed by atoms with E-state index in [1.807, 2.05) is 6.07 Å². The quantitative estimate of drug-likeness (QED) is 0.507. The second-order valence-electron chi connectivity index (χ2n) is 6.67. The number of hydrogen-bond acceptors (Lipinski definition) is 6. The van der Waals surface area contributed by atoms with Gasteiger partial charge in [0.25, 0.3) is 0 Å². The third-order valence-electron chi connectivity index (χ3n) is 4.59. The Balaban J connectivity index is 1.46. The Labute approximate surface area is 171 Å². The molecule has 0 fully saturated rings. The molecule has 3 heterocycles. The normalized spacial score (nSPS) is 11.9. The number of rotatable bonds is 7. The highest BCUT2D eigenvalue weighted by molar-refractivity contribution is 5.77. The largest absolute Gasteiger partial charge is 0.342 e. The summed E-state index contributed by atoms with van der Waals surface area (Å²) >= 11 is 0. The maximum atomic E-state index is 14.4. The number of aryl methyl sites for hydroxylation is 2. The molecule has 1 unspecified atom stereocenters. The van der Waals surface area contributed by atoms with Gasteiger partial charge in [0.2, 0.25) is 17.6 Å². The highest BCUT2D eigenvalue weighted by atomic mass is 19.1. The summed E-state index contributed by atoms with van der Waals surface area (Å²) in [5, 5.41) is 6.78. The minimum Gasteiger partial charge on any atom is -0.342 e. The van der Waals surface area contributed by atoms with Crippen LogP contribution in [0.3, 0.4) is 0 Å². The predicted molar refractivity (Wildman–Crippen MR) is 105 cm³/mol. The first-order valence-corrected chi connectivity index (χ1v) is 9.36. The summed E-state index contributed by atoms with van der Waals surface area (Å²) in [6, 6.07) is 9.19. The average Bonchev–Trinajstić information content (AvgIpc) is 3.41. The van der Waals surface area contributed by atoms with Crippen molar-refractivity contribution in [3.63, 3.8) is 0 Å². The first-order chi connectivity index (χ1) is 14.6. The number of benzene rings is 1.